The summed E-state index contributed by atoms with van der Waals surface area (Å²) in [4.78, 5) is 12.0. The smallest absolute Gasteiger partial charge is 0.338 e. The molecule has 20 heavy (non-hydrogen) atoms. The highest BCUT2D eigenvalue weighted by Gasteiger charge is 2.22. The molecule has 0 unspecified atom stereocenters. The van der Waals surface area contributed by atoms with Gasteiger partial charge in [0.25, 0.3) is 0 Å². The van der Waals surface area contributed by atoms with Crippen molar-refractivity contribution in [2.75, 3.05) is 4.43 Å². The second kappa shape index (κ2) is 9.94. The van der Waals surface area contributed by atoms with Gasteiger partial charge in [-0.1, -0.05) is 59.9 Å². The lowest BCUT2D eigenvalue weighted by Gasteiger charge is -2.21. The first-order valence-electron chi connectivity index (χ1n) is 6.84. The molecule has 0 aliphatic carbocycles. The van der Waals surface area contributed by atoms with Gasteiger partial charge in [0.2, 0.25) is 0 Å². The van der Waals surface area contributed by atoms with Crippen LogP contribution in [0, 0.1) is 0 Å². The highest BCUT2D eigenvalue weighted by atomic mass is 127. The predicted octanol–water partition coefficient (Wildman–Crippen LogP) is 3.75. The minimum absolute atomic E-state index is 0.376. The molecule has 2 atom stereocenters. The van der Waals surface area contributed by atoms with Gasteiger partial charge in [0.1, 0.15) is 6.10 Å². The van der Waals surface area contributed by atoms with Crippen LogP contribution in [0.1, 0.15) is 36.5 Å². The molecule has 1 aromatic carbocycles. The summed E-state index contributed by atoms with van der Waals surface area (Å²) in [5.74, 6) is -0.376. The molecule has 110 valence electrons. The SMILES string of the molecule is CC/C=C\CC[C@H](OC(=O)c1ccccc1)[C@H](O)CI. The number of esters is 1. The van der Waals surface area contributed by atoms with Crippen molar-refractivity contribution in [1.29, 1.82) is 0 Å². The Bertz CT molecular complexity index is 417. The molecule has 0 radical (unpaired) electrons. The Balaban J connectivity index is 2.60. The number of benzene rings is 1. The number of aliphatic hydroxyl groups excluding tert-OH is 1. The average molecular weight is 388 g/mol. The number of halogens is 1. The Labute approximate surface area is 134 Å². The van der Waals surface area contributed by atoms with Gasteiger partial charge < -0.3 is 9.84 Å². The third-order valence-electron chi connectivity index (χ3n) is 2.88. The second-order valence-electron chi connectivity index (χ2n) is 4.49. The molecule has 1 rings (SSSR count). The standard InChI is InChI=1S/C16H21IO3/c1-2-3-4-8-11-15(14(18)12-17)20-16(19)13-9-6-5-7-10-13/h3-7,9-10,14-15,18H,2,8,11-12H2,1H3/b4-3-/t14-,15+/m1/s1. The maximum absolute atomic E-state index is 12.0. The Hall–Kier alpha value is -0.880. The number of aliphatic hydroxyl groups is 1. The van der Waals surface area contributed by atoms with Crippen molar-refractivity contribution in [2.24, 2.45) is 0 Å². The quantitative estimate of drug-likeness (QED) is 0.319. The highest BCUT2D eigenvalue weighted by molar-refractivity contribution is 14.1. The summed E-state index contributed by atoms with van der Waals surface area (Å²) in [5.41, 5.74) is 0.516. The summed E-state index contributed by atoms with van der Waals surface area (Å²) < 4.78 is 5.99. The highest BCUT2D eigenvalue weighted by Crippen LogP contribution is 2.14. The van der Waals surface area contributed by atoms with Crippen molar-refractivity contribution < 1.29 is 14.6 Å². The van der Waals surface area contributed by atoms with Crippen molar-refractivity contribution in [3.05, 3.63) is 48.0 Å². The fourth-order valence-corrected chi connectivity index (χ4v) is 2.32. The van der Waals surface area contributed by atoms with Crippen molar-refractivity contribution >= 4 is 28.6 Å². The number of rotatable bonds is 8. The molecule has 4 heteroatoms. The van der Waals surface area contributed by atoms with Crippen LogP contribution in [0.2, 0.25) is 0 Å². The molecule has 0 amide bonds. The molecular formula is C16H21IO3. The van der Waals surface area contributed by atoms with Gasteiger partial charge in [0, 0.05) is 4.43 Å². The third-order valence-corrected chi connectivity index (χ3v) is 3.78. The molecule has 1 aromatic rings. The number of hydrogen-bond acceptors (Lipinski definition) is 3. The summed E-state index contributed by atoms with van der Waals surface area (Å²) in [7, 11) is 0. The van der Waals surface area contributed by atoms with E-state index in [2.05, 4.69) is 41.7 Å². The van der Waals surface area contributed by atoms with Crippen molar-refractivity contribution in [3.63, 3.8) is 0 Å². The largest absolute Gasteiger partial charge is 0.456 e. The zero-order valence-corrected chi connectivity index (χ0v) is 13.8. The summed E-state index contributed by atoms with van der Waals surface area (Å²) in [6.07, 6.45) is 5.48. The van der Waals surface area contributed by atoms with Crippen LogP contribution in [-0.2, 0) is 4.74 Å². The Kier molecular flexibility index (Phi) is 8.53. The van der Waals surface area contributed by atoms with Crippen LogP contribution in [0.15, 0.2) is 42.5 Å². The van der Waals surface area contributed by atoms with Crippen LogP contribution in [0.5, 0.6) is 0 Å². The van der Waals surface area contributed by atoms with E-state index in [1.54, 1.807) is 24.3 Å². The molecule has 0 saturated carbocycles. The number of ether oxygens (including phenoxy) is 1. The lowest BCUT2D eigenvalue weighted by atomic mass is 10.1. The monoisotopic (exact) mass is 388 g/mol. The van der Waals surface area contributed by atoms with Gasteiger partial charge in [-0.3, -0.25) is 0 Å². The van der Waals surface area contributed by atoms with E-state index in [0.717, 1.165) is 12.8 Å². The fraction of sp³-hybridized carbons (Fsp3) is 0.438. The van der Waals surface area contributed by atoms with Gasteiger partial charge in [-0.15, -0.1) is 0 Å². The number of allylic oxidation sites excluding steroid dienone is 2. The zero-order chi connectivity index (χ0) is 14.8. The molecule has 0 saturated heterocycles. The van der Waals surface area contributed by atoms with E-state index < -0.39 is 12.2 Å². The first-order chi connectivity index (χ1) is 9.69. The normalized spacial score (nSPS) is 14.2. The van der Waals surface area contributed by atoms with Crippen molar-refractivity contribution in [2.45, 2.75) is 38.4 Å². The number of alkyl halides is 1. The summed E-state index contributed by atoms with van der Waals surface area (Å²) in [6.45, 7) is 2.07. The molecule has 3 nitrogen and oxygen atoms in total. The summed E-state index contributed by atoms with van der Waals surface area (Å²) >= 11 is 2.10. The Morgan fingerprint density at radius 2 is 2.05 bits per heavy atom. The van der Waals surface area contributed by atoms with Crippen LogP contribution < -0.4 is 0 Å². The van der Waals surface area contributed by atoms with E-state index in [0.29, 0.717) is 16.4 Å². The van der Waals surface area contributed by atoms with Crippen molar-refractivity contribution in [3.8, 4) is 0 Å². The third kappa shape index (κ3) is 6.05. The van der Waals surface area contributed by atoms with E-state index in [9.17, 15) is 9.90 Å². The van der Waals surface area contributed by atoms with E-state index in [4.69, 9.17) is 4.74 Å². The fourth-order valence-electron chi connectivity index (χ4n) is 1.75. The number of carbonyl (C=O) groups is 1. The molecule has 0 aliphatic rings. The molecule has 0 aliphatic heterocycles. The maximum atomic E-state index is 12.0. The Morgan fingerprint density at radius 3 is 2.65 bits per heavy atom. The van der Waals surface area contributed by atoms with Crippen LogP contribution in [0.25, 0.3) is 0 Å². The van der Waals surface area contributed by atoms with Gasteiger partial charge in [-0.2, -0.15) is 0 Å². The molecule has 0 heterocycles. The zero-order valence-electron chi connectivity index (χ0n) is 11.7. The topological polar surface area (TPSA) is 46.5 Å². The molecule has 1 N–H and O–H groups in total. The summed E-state index contributed by atoms with van der Waals surface area (Å²) in [5, 5.41) is 9.96. The minimum Gasteiger partial charge on any atom is -0.456 e. The molecule has 0 aromatic heterocycles. The van der Waals surface area contributed by atoms with Gasteiger partial charge in [-0.25, -0.2) is 4.79 Å². The molecular weight excluding hydrogens is 367 g/mol. The minimum atomic E-state index is -0.627. The molecule has 0 bridgehead atoms. The summed E-state index contributed by atoms with van der Waals surface area (Å²) in [6, 6.07) is 8.87. The second-order valence-corrected chi connectivity index (χ2v) is 5.37. The van der Waals surface area contributed by atoms with E-state index >= 15 is 0 Å². The molecule has 0 fully saturated rings. The van der Waals surface area contributed by atoms with Crippen LogP contribution >= 0.6 is 22.6 Å². The number of hydrogen-bond donors (Lipinski definition) is 1. The lowest BCUT2D eigenvalue weighted by molar-refractivity contribution is -0.0125. The van der Waals surface area contributed by atoms with Crippen LogP contribution in [0.3, 0.4) is 0 Å². The van der Waals surface area contributed by atoms with Gasteiger partial charge in [0.15, 0.2) is 0 Å². The maximum Gasteiger partial charge on any atom is 0.338 e. The van der Waals surface area contributed by atoms with E-state index in [-0.39, 0.29) is 5.97 Å². The van der Waals surface area contributed by atoms with Gasteiger partial charge >= 0.3 is 5.97 Å². The molecule has 0 spiro atoms. The first-order valence-corrected chi connectivity index (χ1v) is 8.36. The van der Waals surface area contributed by atoms with Crippen molar-refractivity contribution in [1.82, 2.24) is 0 Å². The Morgan fingerprint density at radius 1 is 1.35 bits per heavy atom. The lowest BCUT2D eigenvalue weighted by Crippen LogP contribution is -2.32. The predicted molar refractivity (Wildman–Crippen MR) is 89.2 cm³/mol. The number of carbonyl (C=O) groups excluding carboxylic acids is 1. The van der Waals surface area contributed by atoms with Gasteiger partial charge in [-0.05, 0) is 31.4 Å². The van der Waals surface area contributed by atoms with E-state index in [1.165, 1.54) is 0 Å². The van der Waals surface area contributed by atoms with E-state index in [1.807, 2.05) is 6.07 Å². The van der Waals surface area contributed by atoms with Gasteiger partial charge in [0.05, 0.1) is 11.7 Å². The van der Waals surface area contributed by atoms with Crippen LogP contribution in [-0.4, -0.2) is 27.7 Å². The average Bonchev–Trinajstić information content (AvgIpc) is 2.50. The first kappa shape index (κ1) is 17.2. The van der Waals surface area contributed by atoms with Crippen LogP contribution in [0.4, 0.5) is 0 Å².